The minimum absolute atomic E-state index is 0.192. The average Bonchev–Trinajstić information content (AvgIpc) is 2.37. The minimum Gasteiger partial charge on any atom is -0.258 e. The molecule has 0 aliphatic carbocycles. The van der Waals surface area contributed by atoms with E-state index in [1.54, 1.807) is 0 Å². The highest BCUT2D eigenvalue weighted by molar-refractivity contribution is 7.99. The highest BCUT2D eigenvalue weighted by atomic mass is 32.2. The van der Waals surface area contributed by atoms with Gasteiger partial charge in [0.05, 0.1) is 17.3 Å². The Morgan fingerprint density at radius 1 is 1.50 bits per heavy atom. The lowest BCUT2D eigenvalue weighted by molar-refractivity contribution is 0.538. The van der Waals surface area contributed by atoms with Gasteiger partial charge in [0.25, 0.3) is 0 Å². The van der Waals surface area contributed by atoms with Crippen LogP contribution in [-0.2, 0) is 12.0 Å². The monoisotopic (exact) mass is 182 g/mol. The van der Waals surface area contributed by atoms with Gasteiger partial charge < -0.3 is 0 Å². The first-order valence-corrected chi connectivity index (χ1v) is 5.27. The molecular formula is C9H14N2S. The standard InChI is InChI=1S/C9H14N2S/c1-9(2,3)7-6-8-11(10-7)4-5-12-8/h6H,4-5H2,1-3H3. The van der Waals surface area contributed by atoms with Crippen molar-refractivity contribution in [2.24, 2.45) is 0 Å². The van der Waals surface area contributed by atoms with Gasteiger partial charge in [-0.25, -0.2) is 0 Å². The zero-order valence-electron chi connectivity index (χ0n) is 7.79. The molecule has 0 saturated carbocycles. The predicted molar refractivity (Wildman–Crippen MR) is 51.7 cm³/mol. The number of hydrogen-bond donors (Lipinski definition) is 0. The van der Waals surface area contributed by atoms with Gasteiger partial charge in [0.2, 0.25) is 0 Å². The van der Waals surface area contributed by atoms with Crippen LogP contribution in [0, 0.1) is 0 Å². The topological polar surface area (TPSA) is 17.8 Å². The lowest BCUT2D eigenvalue weighted by Gasteiger charge is -2.14. The first kappa shape index (κ1) is 8.17. The van der Waals surface area contributed by atoms with Gasteiger partial charge in [0.1, 0.15) is 0 Å². The first-order chi connectivity index (χ1) is 5.57. The van der Waals surface area contributed by atoms with E-state index in [1.807, 2.05) is 11.8 Å². The molecule has 0 fully saturated rings. The zero-order chi connectivity index (χ0) is 8.77. The minimum atomic E-state index is 0.192. The molecule has 2 nitrogen and oxygen atoms in total. The largest absolute Gasteiger partial charge is 0.258 e. The molecule has 0 aromatic carbocycles. The van der Waals surface area contributed by atoms with Crippen molar-refractivity contribution in [1.29, 1.82) is 0 Å². The van der Waals surface area contributed by atoms with E-state index >= 15 is 0 Å². The molecule has 2 heterocycles. The van der Waals surface area contributed by atoms with Gasteiger partial charge in [0.15, 0.2) is 0 Å². The predicted octanol–water partition coefficient (Wildman–Crippen LogP) is 2.29. The van der Waals surface area contributed by atoms with Crippen molar-refractivity contribution in [2.45, 2.75) is 37.8 Å². The molecule has 0 unspecified atom stereocenters. The Balaban J connectivity index is 2.38. The second kappa shape index (κ2) is 2.52. The normalized spacial score (nSPS) is 16.6. The van der Waals surface area contributed by atoms with Crippen LogP contribution < -0.4 is 0 Å². The van der Waals surface area contributed by atoms with Gasteiger partial charge in [-0.1, -0.05) is 20.8 Å². The first-order valence-electron chi connectivity index (χ1n) is 4.28. The highest BCUT2D eigenvalue weighted by Crippen LogP contribution is 2.30. The Kier molecular flexibility index (Phi) is 1.72. The van der Waals surface area contributed by atoms with Crippen molar-refractivity contribution in [3.63, 3.8) is 0 Å². The molecule has 2 rings (SSSR count). The molecule has 1 aliphatic heterocycles. The van der Waals surface area contributed by atoms with Crippen molar-refractivity contribution in [2.75, 3.05) is 5.75 Å². The van der Waals surface area contributed by atoms with E-state index in [-0.39, 0.29) is 5.41 Å². The van der Waals surface area contributed by atoms with E-state index in [9.17, 15) is 0 Å². The van der Waals surface area contributed by atoms with Gasteiger partial charge >= 0.3 is 0 Å². The number of nitrogens with zero attached hydrogens (tertiary/aromatic N) is 2. The van der Waals surface area contributed by atoms with E-state index < -0.39 is 0 Å². The quantitative estimate of drug-likeness (QED) is 0.612. The van der Waals surface area contributed by atoms with E-state index in [2.05, 4.69) is 36.6 Å². The fraction of sp³-hybridized carbons (Fsp3) is 0.667. The van der Waals surface area contributed by atoms with Crippen LogP contribution in [0.4, 0.5) is 0 Å². The Morgan fingerprint density at radius 2 is 2.25 bits per heavy atom. The Labute approximate surface area is 77.3 Å². The van der Waals surface area contributed by atoms with Crippen molar-refractivity contribution >= 4 is 11.8 Å². The summed E-state index contributed by atoms with van der Waals surface area (Å²) in [5.74, 6) is 1.19. The summed E-state index contributed by atoms with van der Waals surface area (Å²) in [5, 5.41) is 5.89. The average molecular weight is 182 g/mol. The summed E-state index contributed by atoms with van der Waals surface area (Å²) in [6, 6.07) is 2.22. The fourth-order valence-electron chi connectivity index (χ4n) is 1.28. The van der Waals surface area contributed by atoms with E-state index in [0.717, 1.165) is 6.54 Å². The smallest absolute Gasteiger partial charge is 0.0943 e. The van der Waals surface area contributed by atoms with Crippen LogP contribution in [-0.4, -0.2) is 15.5 Å². The maximum atomic E-state index is 4.56. The molecule has 0 bridgehead atoms. The van der Waals surface area contributed by atoms with Gasteiger partial charge in [-0.2, -0.15) is 5.10 Å². The van der Waals surface area contributed by atoms with Crippen molar-refractivity contribution in [3.05, 3.63) is 11.8 Å². The number of thioether (sulfide) groups is 1. The molecule has 0 spiro atoms. The second-order valence-electron chi connectivity index (χ2n) is 4.19. The Hall–Kier alpha value is -0.440. The maximum Gasteiger partial charge on any atom is 0.0943 e. The summed E-state index contributed by atoms with van der Waals surface area (Å²) in [5.41, 5.74) is 1.41. The Bertz CT molecular complexity index is 274. The molecule has 0 radical (unpaired) electrons. The molecule has 0 N–H and O–H groups in total. The van der Waals surface area contributed by atoms with E-state index in [1.165, 1.54) is 16.5 Å². The molecule has 3 heteroatoms. The summed E-state index contributed by atoms with van der Waals surface area (Å²) < 4.78 is 2.12. The second-order valence-corrected chi connectivity index (χ2v) is 5.30. The summed E-state index contributed by atoms with van der Waals surface area (Å²) in [7, 11) is 0. The fourth-order valence-corrected chi connectivity index (χ4v) is 2.23. The summed E-state index contributed by atoms with van der Waals surface area (Å²) in [6.45, 7) is 7.69. The molecule has 0 amide bonds. The van der Waals surface area contributed by atoms with Crippen LogP contribution >= 0.6 is 11.8 Å². The number of rotatable bonds is 0. The molecular weight excluding hydrogens is 168 g/mol. The third kappa shape index (κ3) is 1.26. The molecule has 0 saturated heterocycles. The van der Waals surface area contributed by atoms with Crippen molar-refractivity contribution in [3.8, 4) is 0 Å². The number of aryl methyl sites for hydroxylation is 1. The summed E-state index contributed by atoms with van der Waals surface area (Å²) >= 11 is 1.91. The van der Waals surface area contributed by atoms with Crippen LogP contribution in [0.2, 0.25) is 0 Å². The third-order valence-corrected chi connectivity index (χ3v) is 3.08. The maximum absolute atomic E-state index is 4.56. The number of aromatic nitrogens is 2. The molecule has 12 heavy (non-hydrogen) atoms. The third-order valence-electron chi connectivity index (χ3n) is 2.06. The SMILES string of the molecule is CC(C)(C)c1cc2n(n1)CCS2. The lowest BCUT2D eigenvalue weighted by atomic mass is 9.93. The van der Waals surface area contributed by atoms with E-state index in [0.29, 0.717) is 0 Å². The van der Waals surface area contributed by atoms with Crippen LogP contribution in [0.1, 0.15) is 26.5 Å². The van der Waals surface area contributed by atoms with Crippen LogP contribution in [0.3, 0.4) is 0 Å². The molecule has 66 valence electrons. The van der Waals surface area contributed by atoms with E-state index in [4.69, 9.17) is 0 Å². The highest BCUT2D eigenvalue weighted by Gasteiger charge is 2.21. The number of fused-ring (bicyclic) bond motifs is 1. The molecule has 0 atom stereocenters. The zero-order valence-corrected chi connectivity index (χ0v) is 8.61. The van der Waals surface area contributed by atoms with Crippen LogP contribution in [0.25, 0.3) is 0 Å². The van der Waals surface area contributed by atoms with Gasteiger partial charge in [-0.3, -0.25) is 4.68 Å². The molecule has 1 aromatic heterocycles. The van der Waals surface area contributed by atoms with Gasteiger partial charge in [-0.15, -0.1) is 11.8 Å². The van der Waals surface area contributed by atoms with Gasteiger partial charge in [0, 0.05) is 11.2 Å². The van der Waals surface area contributed by atoms with Crippen LogP contribution in [0.15, 0.2) is 11.1 Å². The van der Waals surface area contributed by atoms with Gasteiger partial charge in [-0.05, 0) is 6.07 Å². The van der Waals surface area contributed by atoms with Crippen molar-refractivity contribution < 1.29 is 0 Å². The summed E-state index contributed by atoms with van der Waals surface area (Å²) in [4.78, 5) is 0. The van der Waals surface area contributed by atoms with Crippen molar-refractivity contribution in [1.82, 2.24) is 9.78 Å². The molecule has 1 aromatic rings. The van der Waals surface area contributed by atoms with Crippen LogP contribution in [0.5, 0.6) is 0 Å². The number of hydrogen-bond acceptors (Lipinski definition) is 2. The lowest BCUT2D eigenvalue weighted by Crippen LogP contribution is -2.12. The Morgan fingerprint density at radius 3 is 2.83 bits per heavy atom. The summed E-state index contributed by atoms with van der Waals surface area (Å²) in [6.07, 6.45) is 0. The molecule has 1 aliphatic rings.